The van der Waals surface area contributed by atoms with Crippen LogP contribution >= 0.6 is 23.2 Å². The summed E-state index contributed by atoms with van der Waals surface area (Å²) in [6.07, 6.45) is 1.93. The number of nitrogens with one attached hydrogen (secondary N) is 1. The summed E-state index contributed by atoms with van der Waals surface area (Å²) >= 11 is 12.2. The molecule has 0 unspecified atom stereocenters. The van der Waals surface area contributed by atoms with Crippen LogP contribution in [0.1, 0.15) is 5.82 Å². The van der Waals surface area contributed by atoms with Gasteiger partial charge >= 0.3 is 0 Å². The number of halogens is 3. The van der Waals surface area contributed by atoms with Crippen molar-refractivity contribution in [3.63, 3.8) is 0 Å². The van der Waals surface area contributed by atoms with Gasteiger partial charge in [0.15, 0.2) is 0 Å². The molecule has 10 heteroatoms. The Hall–Kier alpha value is -2.84. The molecule has 0 aliphatic rings. The number of likely N-dealkylation sites (N-methyl/N-ethyl adjacent to an activating group) is 1. The number of benzene rings is 2. The maximum atomic E-state index is 14.5. The number of fused-ring (bicyclic) bond motifs is 1. The molecule has 0 radical (unpaired) electrons. The minimum atomic E-state index is -0.421. The van der Waals surface area contributed by atoms with Crippen LogP contribution in [0, 0.1) is 5.82 Å². The summed E-state index contributed by atoms with van der Waals surface area (Å²) in [5.41, 5.74) is 1.80. The maximum Gasteiger partial charge on any atom is 0.150 e. The van der Waals surface area contributed by atoms with Crippen LogP contribution in [0.3, 0.4) is 0 Å². The van der Waals surface area contributed by atoms with E-state index < -0.39 is 5.82 Å². The molecule has 2 heterocycles. The first-order valence-electron chi connectivity index (χ1n) is 8.37. The normalized spacial score (nSPS) is 11.1. The van der Waals surface area contributed by atoms with Crippen molar-refractivity contribution in [2.75, 3.05) is 18.5 Å². The van der Waals surface area contributed by atoms with Gasteiger partial charge in [0.1, 0.15) is 29.3 Å². The molecule has 1 N–H and O–H groups in total. The fourth-order valence-electron chi connectivity index (χ4n) is 2.98. The van der Waals surface area contributed by atoms with Crippen LogP contribution in [-0.4, -0.2) is 44.2 Å². The summed E-state index contributed by atoms with van der Waals surface area (Å²) in [4.78, 5) is 10.5. The van der Waals surface area contributed by atoms with Gasteiger partial charge in [-0.15, -0.1) is 5.10 Å². The number of hydrogen-bond acceptors (Lipinski definition) is 6. The van der Waals surface area contributed by atoms with Gasteiger partial charge in [-0.2, -0.15) is 0 Å². The first-order chi connectivity index (χ1) is 13.5. The summed E-state index contributed by atoms with van der Waals surface area (Å²) in [5, 5.41) is 15.2. The van der Waals surface area contributed by atoms with Crippen LogP contribution in [0.2, 0.25) is 10.0 Å². The first-order valence-corrected chi connectivity index (χ1v) is 9.12. The van der Waals surface area contributed by atoms with Gasteiger partial charge in [-0.1, -0.05) is 35.3 Å². The molecule has 0 saturated heterocycles. The van der Waals surface area contributed by atoms with E-state index in [1.807, 2.05) is 18.0 Å². The number of aromatic nitrogens is 6. The molecule has 0 saturated carbocycles. The average Bonchev–Trinajstić information content (AvgIpc) is 3.22. The van der Waals surface area contributed by atoms with E-state index in [2.05, 4.69) is 30.6 Å². The third-order valence-electron chi connectivity index (χ3n) is 4.38. The largest absolute Gasteiger partial charge is 0.359 e. The topological polar surface area (TPSA) is 83.5 Å². The molecule has 4 rings (SSSR count). The first kappa shape index (κ1) is 18.5. The lowest BCUT2D eigenvalue weighted by Crippen LogP contribution is -2.22. The molecule has 0 spiro atoms. The number of rotatable bonds is 5. The second-order valence-corrected chi connectivity index (χ2v) is 6.98. The van der Waals surface area contributed by atoms with Crippen molar-refractivity contribution < 1.29 is 4.39 Å². The average molecular weight is 418 g/mol. The van der Waals surface area contributed by atoms with Crippen LogP contribution < -0.4 is 4.90 Å². The summed E-state index contributed by atoms with van der Waals surface area (Å²) in [6, 6.07) is 8.36. The Morgan fingerprint density at radius 3 is 2.71 bits per heavy atom. The van der Waals surface area contributed by atoms with Crippen LogP contribution in [-0.2, 0) is 6.42 Å². The van der Waals surface area contributed by atoms with Gasteiger partial charge in [-0.25, -0.2) is 19.5 Å². The molecule has 0 aliphatic heterocycles. The lowest BCUT2D eigenvalue weighted by molar-refractivity contribution is 0.636. The SMILES string of the molecule is CN(CCc1nnn[nH]1)c1ncnc2c(F)ccc(-c3ccc(Cl)c(Cl)c3)c12. The predicted octanol–water partition coefficient (Wildman–Crippen LogP) is 3.93. The number of aromatic amines is 1. The standard InChI is InChI=1S/C18H14Cl2FN7/c1-28(7-6-15-24-26-27-25-15)18-16-11(10-2-4-12(19)13(20)8-10)3-5-14(21)17(16)22-9-23-18/h2-5,8-9H,6-7H2,1H3,(H,24,25,26,27). The lowest BCUT2D eigenvalue weighted by atomic mass is 10.00. The molecule has 0 fully saturated rings. The molecule has 7 nitrogen and oxygen atoms in total. The Kier molecular flexibility index (Phi) is 5.06. The molecule has 142 valence electrons. The van der Waals surface area contributed by atoms with Crippen molar-refractivity contribution in [1.82, 2.24) is 30.6 Å². The summed E-state index contributed by atoms with van der Waals surface area (Å²) in [7, 11) is 1.87. The molecule has 0 amide bonds. The van der Waals surface area contributed by atoms with Crippen LogP contribution in [0.15, 0.2) is 36.7 Å². The van der Waals surface area contributed by atoms with E-state index in [0.717, 1.165) is 11.1 Å². The van der Waals surface area contributed by atoms with Gasteiger partial charge in [0.2, 0.25) is 0 Å². The Labute approximate surface area is 169 Å². The predicted molar refractivity (Wildman–Crippen MR) is 106 cm³/mol. The number of hydrogen-bond donors (Lipinski definition) is 1. The highest BCUT2D eigenvalue weighted by molar-refractivity contribution is 6.42. The van der Waals surface area contributed by atoms with Gasteiger partial charge in [0, 0.05) is 20.0 Å². The molecule has 0 bridgehead atoms. The van der Waals surface area contributed by atoms with E-state index in [9.17, 15) is 4.39 Å². The van der Waals surface area contributed by atoms with Crippen molar-refractivity contribution in [3.8, 4) is 11.1 Å². The fourth-order valence-corrected chi connectivity index (χ4v) is 3.28. The van der Waals surface area contributed by atoms with E-state index in [1.165, 1.54) is 12.4 Å². The van der Waals surface area contributed by atoms with Crippen LogP contribution in [0.5, 0.6) is 0 Å². The second-order valence-electron chi connectivity index (χ2n) is 6.16. The van der Waals surface area contributed by atoms with Crippen molar-refractivity contribution in [1.29, 1.82) is 0 Å². The van der Waals surface area contributed by atoms with E-state index in [1.54, 1.807) is 18.2 Å². The highest BCUT2D eigenvalue weighted by atomic mass is 35.5. The molecule has 0 aliphatic carbocycles. The van der Waals surface area contributed by atoms with Crippen molar-refractivity contribution in [2.45, 2.75) is 6.42 Å². The van der Waals surface area contributed by atoms with Crippen LogP contribution in [0.4, 0.5) is 10.2 Å². The quantitative estimate of drug-likeness (QED) is 0.529. The van der Waals surface area contributed by atoms with Gasteiger partial charge < -0.3 is 4.90 Å². The Morgan fingerprint density at radius 1 is 1.11 bits per heavy atom. The number of anilines is 1. The lowest BCUT2D eigenvalue weighted by Gasteiger charge is -2.20. The van der Waals surface area contributed by atoms with Crippen LogP contribution in [0.25, 0.3) is 22.0 Å². The van der Waals surface area contributed by atoms with Crippen molar-refractivity contribution in [3.05, 3.63) is 58.3 Å². The number of tetrazole rings is 1. The van der Waals surface area contributed by atoms with Gasteiger partial charge in [-0.05, 0) is 39.8 Å². The van der Waals surface area contributed by atoms with Crippen molar-refractivity contribution >= 4 is 39.9 Å². The number of H-pyrrole nitrogens is 1. The zero-order valence-electron chi connectivity index (χ0n) is 14.7. The maximum absolute atomic E-state index is 14.5. The molecular formula is C18H14Cl2FN7. The minimum Gasteiger partial charge on any atom is -0.359 e. The Balaban J connectivity index is 1.82. The van der Waals surface area contributed by atoms with Crippen molar-refractivity contribution in [2.24, 2.45) is 0 Å². The molecule has 2 aromatic heterocycles. The molecular weight excluding hydrogens is 404 g/mol. The minimum absolute atomic E-state index is 0.238. The fraction of sp³-hybridized carbons (Fsp3) is 0.167. The van der Waals surface area contributed by atoms with Gasteiger partial charge in [0.25, 0.3) is 0 Å². The summed E-state index contributed by atoms with van der Waals surface area (Å²) < 4.78 is 14.5. The van der Waals surface area contributed by atoms with E-state index >= 15 is 0 Å². The molecule has 0 atom stereocenters. The zero-order chi connectivity index (χ0) is 19.7. The zero-order valence-corrected chi connectivity index (χ0v) is 16.2. The van der Waals surface area contributed by atoms with E-state index in [-0.39, 0.29) is 5.52 Å². The molecule has 28 heavy (non-hydrogen) atoms. The number of nitrogens with zero attached hydrogens (tertiary/aromatic N) is 6. The molecule has 4 aromatic rings. The smallest absolute Gasteiger partial charge is 0.150 e. The summed E-state index contributed by atoms with van der Waals surface area (Å²) in [6.45, 7) is 0.570. The molecule has 2 aromatic carbocycles. The third kappa shape index (κ3) is 3.48. The van der Waals surface area contributed by atoms with Gasteiger partial charge in [0.05, 0.1) is 15.4 Å². The Bertz CT molecular complexity index is 1130. The second kappa shape index (κ2) is 7.65. The third-order valence-corrected chi connectivity index (χ3v) is 5.12. The van der Waals surface area contributed by atoms with E-state index in [4.69, 9.17) is 23.2 Å². The highest BCUT2D eigenvalue weighted by Crippen LogP contribution is 2.36. The summed E-state index contributed by atoms with van der Waals surface area (Å²) in [5.74, 6) is 0.828. The monoisotopic (exact) mass is 417 g/mol. The highest BCUT2D eigenvalue weighted by Gasteiger charge is 2.17. The Morgan fingerprint density at radius 2 is 1.96 bits per heavy atom. The van der Waals surface area contributed by atoms with Gasteiger partial charge in [-0.3, -0.25) is 0 Å². The van der Waals surface area contributed by atoms with E-state index in [0.29, 0.717) is 40.0 Å².